The summed E-state index contributed by atoms with van der Waals surface area (Å²) in [6.45, 7) is 1.96. The highest BCUT2D eigenvalue weighted by molar-refractivity contribution is 6.02. The molecule has 2 heterocycles. The number of carbonyl (C=O) groups is 3. The molecule has 9 heteroatoms. The van der Waals surface area contributed by atoms with Crippen molar-refractivity contribution >= 4 is 40.6 Å². The number of hydrogen-bond acceptors (Lipinski definition) is 5. The number of rotatable bonds is 10. The van der Waals surface area contributed by atoms with Gasteiger partial charge in [0.15, 0.2) is 0 Å². The fourth-order valence-electron chi connectivity index (χ4n) is 5.42. The molecular weight excluding hydrogens is 520 g/mol. The number of amides is 2. The Hall–Kier alpha value is -4.66. The summed E-state index contributed by atoms with van der Waals surface area (Å²) >= 11 is 0. The van der Waals surface area contributed by atoms with Crippen molar-refractivity contribution in [1.82, 2.24) is 14.9 Å². The number of nitrogens with one attached hydrogen (secondary N) is 2. The number of carboxylic acid groups (broad SMARTS) is 1. The van der Waals surface area contributed by atoms with E-state index in [4.69, 9.17) is 14.5 Å². The zero-order valence-corrected chi connectivity index (χ0v) is 23.0. The fraction of sp³-hybridized carbons (Fsp3) is 0.312. The molecule has 0 saturated heterocycles. The molecule has 0 radical (unpaired) electrons. The molecule has 2 amide bonds. The summed E-state index contributed by atoms with van der Waals surface area (Å²) in [6, 6.07) is 13.9. The van der Waals surface area contributed by atoms with Crippen LogP contribution < -0.4 is 10.6 Å². The SMILES string of the molecule is CCC[C@@H](NC(=O)c1ccc2c(c1)nc(-c1ccoc1)n2C1CCCCC1)C(=O)Nc1ccc(/C=C/C(=O)O)cc1. The fourth-order valence-corrected chi connectivity index (χ4v) is 5.42. The van der Waals surface area contributed by atoms with E-state index < -0.39 is 12.0 Å². The maximum Gasteiger partial charge on any atom is 0.328 e. The van der Waals surface area contributed by atoms with Crippen molar-refractivity contribution in [2.45, 2.75) is 64.0 Å². The molecule has 0 aliphatic heterocycles. The lowest BCUT2D eigenvalue weighted by molar-refractivity contribution is -0.131. The van der Waals surface area contributed by atoms with E-state index in [1.54, 1.807) is 48.9 Å². The van der Waals surface area contributed by atoms with Gasteiger partial charge in [0, 0.05) is 23.4 Å². The van der Waals surface area contributed by atoms with Crippen LogP contribution in [-0.2, 0) is 9.59 Å². The van der Waals surface area contributed by atoms with Gasteiger partial charge in [0.25, 0.3) is 5.91 Å². The first-order valence-electron chi connectivity index (χ1n) is 14.1. The number of furan rings is 1. The van der Waals surface area contributed by atoms with Crippen LogP contribution >= 0.6 is 0 Å². The molecule has 0 unspecified atom stereocenters. The molecule has 3 N–H and O–H groups in total. The van der Waals surface area contributed by atoms with Crippen molar-refractivity contribution in [3.05, 3.63) is 78.3 Å². The molecular formula is C32H34N4O5. The van der Waals surface area contributed by atoms with Gasteiger partial charge in [-0.25, -0.2) is 9.78 Å². The normalized spacial score (nSPS) is 14.8. The van der Waals surface area contributed by atoms with Gasteiger partial charge in [0.2, 0.25) is 5.91 Å². The molecule has 41 heavy (non-hydrogen) atoms. The highest BCUT2D eigenvalue weighted by atomic mass is 16.4. The molecule has 1 aliphatic rings. The number of aromatic nitrogens is 2. The van der Waals surface area contributed by atoms with Gasteiger partial charge in [0.1, 0.15) is 18.1 Å². The number of imidazole rings is 1. The molecule has 1 atom stereocenters. The lowest BCUT2D eigenvalue weighted by atomic mass is 9.95. The molecule has 2 aromatic carbocycles. The second kappa shape index (κ2) is 12.7. The van der Waals surface area contributed by atoms with Crippen molar-refractivity contribution in [1.29, 1.82) is 0 Å². The van der Waals surface area contributed by atoms with Crippen molar-refractivity contribution in [2.24, 2.45) is 0 Å². The number of carbonyl (C=O) groups excluding carboxylic acids is 2. The summed E-state index contributed by atoms with van der Waals surface area (Å²) in [5.74, 6) is -0.854. The third kappa shape index (κ3) is 6.57. The van der Waals surface area contributed by atoms with Crippen LogP contribution in [0.1, 0.15) is 73.8 Å². The lowest BCUT2D eigenvalue weighted by Gasteiger charge is -2.25. The van der Waals surface area contributed by atoms with Crippen molar-refractivity contribution in [3.63, 3.8) is 0 Å². The van der Waals surface area contributed by atoms with E-state index in [0.717, 1.165) is 41.3 Å². The molecule has 0 spiro atoms. The first kappa shape index (κ1) is 27.9. The van der Waals surface area contributed by atoms with Gasteiger partial charge in [-0.2, -0.15) is 0 Å². The van der Waals surface area contributed by atoms with Gasteiger partial charge in [0.05, 0.1) is 22.9 Å². The minimum absolute atomic E-state index is 0.320. The Morgan fingerprint density at radius 2 is 1.88 bits per heavy atom. The van der Waals surface area contributed by atoms with Gasteiger partial charge in [-0.15, -0.1) is 0 Å². The van der Waals surface area contributed by atoms with Crippen LogP contribution in [0.4, 0.5) is 5.69 Å². The van der Waals surface area contributed by atoms with Gasteiger partial charge < -0.3 is 24.7 Å². The molecule has 2 aromatic heterocycles. The topological polar surface area (TPSA) is 126 Å². The molecule has 1 aliphatic carbocycles. The van der Waals surface area contributed by atoms with Crippen molar-refractivity contribution < 1.29 is 23.9 Å². The third-order valence-electron chi connectivity index (χ3n) is 7.47. The number of hydrogen-bond donors (Lipinski definition) is 3. The summed E-state index contributed by atoms with van der Waals surface area (Å²) in [5, 5.41) is 14.5. The van der Waals surface area contributed by atoms with E-state index >= 15 is 0 Å². The molecule has 4 aromatic rings. The maximum absolute atomic E-state index is 13.3. The van der Waals surface area contributed by atoms with Gasteiger partial charge >= 0.3 is 5.97 Å². The monoisotopic (exact) mass is 554 g/mol. The third-order valence-corrected chi connectivity index (χ3v) is 7.47. The van der Waals surface area contributed by atoms with E-state index in [1.165, 1.54) is 25.3 Å². The second-order valence-corrected chi connectivity index (χ2v) is 10.4. The van der Waals surface area contributed by atoms with Crippen LogP contribution in [0.2, 0.25) is 0 Å². The Balaban J connectivity index is 1.34. The zero-order valence-electron chi connectivity index (χ0n) is 23.0. The number of anilines is 1. The minimum atomic E-state index is -1.03. The van der Waals surface area contributed by atoms with Gasteiger partial charge in [-0.05, 0) is 67.3 Å². The van der Waals surface area contributed by atoms with E-state index in [9.17, 15) is 14.4 Å². The Bertz CT molecular complexity index is 1550. The first-order valence-corrected chi connectivity index (χ1v) is 14.1. The van der Waals surface area contributed by atoms with Crippen LogP contribution in [0.15, 0.2) is 71.6 Å². The van der Waals surface area contributed by atoms with Crippen LogP contribution in [0.5, 0.6) is 0 Å². The smallest absolute Gasteiger partial charge is 0.328 e. The molecule has 1 fully saturated rings. The van der Waals surface area contributed by atoms with Gasteiger partial charge in [-0.1, -0.05) is 44.7 Å². The van der Waals surface area contributed by atoms with Crippen LogP contribution in [0.3, 0.4) is 0 Å². The molecule has 9 nitrogen and oxygen atoms in total. The predicted molar refractivity (Wildman–Crippen MR) is 157 cm³/mol. The average molecular weight is 555 g/mol. The van der Waals surface area contributed by atoms with Crippen LogP contribution in [-0.4, -0.2) is 38.5 Å². The van der Waals surface area contributed by atoms with Crippen molar-refractivity contribution in [3.8, 4) is 11.4 Å². The number of fused-ring (bicyclic) bond motifs is 1. The quantitative estimate of drug-likeness (QED) is 0.194. The summed E-state index contributed by atoms with van der Waals surface area (Å²) in [6.07, 6.45) is 12.8. The van der Waals surface area contributed by atoms with Crippen LogP contribution in [0.25, 0.3) is 28.5 Å². The van der Waals surface area contributed by atoms with E-state index in [0.29, 0.717) is 35.7 Å². The summed E-state index contributed by atoms with van der Waals surface area (Å²) < 4.78 is 7.64. The van der Waals surface area contributed by atoms with Crippen LogP contribution in [0, 0.1) is 0 Å². The Morgan fingerprint density at radius 1 is 1.10 bits per heavy atom. The second-order valence-electron chi connectivity index (χ2n) is 10.4. The first-order chi connectivity index (χ1) is 19.9. The van der Waals surface area contributed by atoms with Crippen molar-refractivity contribution in [2.75, 3.05) is 5.32 Å². The average Bonchev–Trinajstić information content (AvgIpc) is 3.65. The highest BCUT2D eigenvalue weighted by Gasteiger charge is 2.25. The number of aliphatic carboxylic acids is 1. The maximum atomic E-state index is 13.3. The Labute approximate surface area is 238 Å². The van der Waals surface area contributed by atoms with E-state index in [-0.39, 0.29) is 11.8 Å². The predicted octanol–water partition coefficient (Wildman–Crippen LogP) is 6.44. The van der Waals surface area contributed by atoms with E-state index in [1.807, 2.05) is 19.1 Å². The number of carboxylic acids is 1. The molecule has 0 bridgehead atoms. The number of nitrogens with zero attached hydrogens (tertiary/aromatic N) is 2. The summed E-state index contributed by atoms with van der Waals surface area (Å²) in [5.41, 5.74) is 4.30. The Kier molecular flexibility index (Phi) is 8.62. The molecule has 5 rings (SSSR count). The minimum Gasteiger partial charge on any atom is -0.478 e. The summed E-state index contributed by atoms with van der Waals surface area (Å²) in [4.78, 5) is 42.1. The molecule has 1 saturated carbocycles. The standard InChI is InChI=1S/C32H34N4O5/c1-2-6-26(32(40)33-24-13-9-21(10-14-24)11-16-29(37)38)35-31(39)22-12-15-28-27(19-22)34-30(23-17-18-41-20-23)36(28)25-7-4-3-5-8-25/h9-20,25-26H,2-8H2,1H3,(H,33,40)(H,35,39)(H,37,38)/b16-11+/t26-/m1/s1. The molecule has 212 valence electrons. The van der Waals surface area contributed by atoms with E-state index in [2.05, 4.69) is 15.2 Å². The largest absolute Gasteiger partial charge is 0.478 e. The summed E-state index contributed by atoms with van der Waals surface area (Å²) in [7, 11) is 0. The van der Waals surface area contributed by atoms with Gasteiger partial charge in [-0.3, -0.25) is 9.59 Å². The zero-order chi connectivity index (χ0) is 28.8. The lowest BCUT2D eigenvalue weighted by Crippen LogP contribution is -2.43. The number of benzene rings is 2. The highest BCUT2D eigenvalue weighted by Crippen LogP contribution is 2.36. The Morgan fingerprint density at radius 3 is 2.56 bits per heavy atom.